The second-order valence-electron chi connectivity index (χ2n) is 3.89. The quantitative estimate of drug-likeness (QED) is 0.683. The minimum atomic E-state index is -0.246. The summed E-state index contributed by atoms with van der Waals surface area (Å²) in [6, 6.07) is 4.66. The molecule has 1 aromatic carbocycles. The molecule has 1 heterocycles. The zero-order valence-corrected chi connectivity index (χ0v) is 11.1. The summed E-state index contributed by atoms with van der Waals surface area (Å²) in [6.07, 6.45) is 3.65. The van der Waals surface area contributed by atoms with Gasteiger partial charge in [0.25, 0.3) is 0 Å². The summed E-state index contributed by atoms with van der Waals surface area (Å²) in [5.74, 6) is -0.246. The van der Waals surface area contributed by atoms with E-state index in [0.717, 1.165) is 22.4 Å². The van der Waals surface area contributed by atoms with E-state index in [0.29, 0.717) is 11.7 Å². The Bertz CT molecular complexity index is 572. The number of hydrogen-bond acceptors (Lipinski definition) is 4. The van der Waals surface area contributed by atoms with Gasteiger partial charge in [-0.05, 0) is 36.9 Å². The molecule has 0 aliphatic rings. The summed E-state index contributed by atoms with van der Waals surface area (Å²) in [5.41, 5.74) is 9.09. The van der Waals surface area contributed by atoms with Crippen molar-refractivity contribution >= 4 is 11.8 Å². The first-order valence-corrected chi connectivity index (χ1v) is 6.74. The summed E-state index contributed by atoms with van der Waals surface area (Å²) < 4.78 is 13.1. The van der Waals surface area contributed by atoms with Crippen LogP contribution in [0.3, 0.4) is 0 Å². The van der Waals surface area contributed by atoms with Gasteiger partial charge in [0.2, 0.25) is 0 Å². The molecule has 2 aromatic rings. The Hall–Kier alpha value is -1.46. The third kappa shape index (κ3) is 2.52. The number of nitrogens with two attached hydrogens (primary N) is 1. The van der Waals surface area contributed by atoms with Gasteiger partial charge in [0.05, 0.1) is 5.69 Å². The average Bonchev–Trinajstić information content (AvgIpc) is 2.38. The Morgan fingerprint density at radius 3 is 2.78 bits per heavy atom. The van der Waals surface area contributed by atoms with Crippen molar-refractivity contribution in [2.45, 2.75) is 18.6 Å². The topological polar surface area (TPSA) is 51.8 Å². The average molecular weight is 263 g/mol. The molecule has 0 aliphatic carbocycles. The van der Waals surface area contributed by atoms with Crippen LogP contribution in [-0.2, 0) is 6.54 Å². The van der Waals surface area contributed by atoms with Crippen LogP contribution < -0.4 is 5.73 Å². The number of thioether (sulfide) groups is 1. The van der Waals surface area contributed by atoms with Crippen LogP contribution in [0.1, 0.15) is 11.1 Å². The molecule has 1 aromatic heterocycles. The molecule has 2 N–H and O–H groups in total. The fourth-order valence-electron chi connectivity index (χ4n) is 1.76. The van der Waals surface area contributed by atoms with Gasteiger partial charge in [-0.2, -0.15) is 0 Å². The first-order chi connectivity index (χ1) is 8.65. The van der Waals surface area contributed by atoms with Gasteiger partial charge in [0, 0.05) is 23.9 Å². The fraction of sp³-hybridized carbons (Fsp3) is 0.231. The third-order valence-corrected chi connectivity index (χ3v) is 3.25. The minimum Gasteiger partial charge on any atom is -0.326 e. The highest BCUT2D eigenvalue weighted by molar-refractivity contribution is 7.98. The maximum atomic E-state index is 13.1. The molecule has 5 heteroatoms. The van der Waals surface area contributed by atoms with Crippen LogP contribution in [0.4, 0.5) is 4.39 Å². The zero-order valence-electron chi connectivity index (χ0n) is 10.3. The molecule has 0 saturated heterocycles. The van der Waals surface area contributed by atoms with Crippen molar-refractivity contribution in [1.29, 1.82) is 0 Å². The van der Waals surface area contributed by atoms with E-state index < -0.39 is 0 Å². The van der Waals surface area contributed by atoms with Gasteiger partial charge < -0.3 is 5.73 Å². The number of aryl methyl sites for hydroxylation is 1. The fourth-order valence-corrected chi connectivity index (χ4v) is 2.10. The molecular weight excluding hydrogens is 249 g/mol. The van der Waals surface area contributed by atoms with Gasteiger partial charge >= 0.3 is 0 Å². The van der Waals surface area contributed by atoms with E-state index in [1.807, 2.05) is 13.2 Å². The lowest BCUT2D eigenvalue weighted by molar-refractivity contribution is 0.627. The van der Waals surface area contributed by atoms with E-state index >= 15 is 0 Å². The largest absolute Gasteiger partial charge is 0.326 e. The van der Waals surface area contributed by atoms with E-state index in [1.165, 1.54) is 23.9 Å². The maximum Gasteiger partial charge on any atom is 0.187 e. The van der Waals surface area contributed by atoms with Crippen LogP contribution in [0.25, 0.3) is 11.3 Å². The summed E-state index contributed by atoms with van der Waals surface area (Å²) in [6.45, 7) is 2.22. The molecule has 0 aliphatic heterocycles. The van der Waals surface area contributed by atoms with Crippen LogP contribution in [0.15, 0.2) is 29.6 Å². The number of aromatic nitrogens is 2. The van der Waals surface area contributed by atoms with Gasteiger partial charge in [0.1, 0.15) is 5.82 Å². The van der Waals surface area contributed by atoms with E-state index in [4.69, 9.17) is 5.73 Å². The van der Waals surface area contributed by atoms with Gasteiger partial charge in [-0.1, -0.05) is 11.8 Å². The van der Waals surface area contributed by atoms with Gasteiger partial charge in [-0.15, -0.1) is 0 Å². The highest BCUT2D eigenvalue weighted by atomic mass is 32.2. The molecule has 0 radical (unpaired) electrons. The van der Waals surface area contributed by atoms with Crippen molar-refractivity contribution in [3.63, 3.8) is 0 Å². The first-order valence-electron chi connectivity index (χ1n) is 5.52. The lowest BCUT2D eigenvalue weighted by Gasteiger charge is -2.10. The van der Waals surface area contributed by atoms with Gasteiger partial charge in [0.15, 0.2) is 5.16 Å². The monoisotopic (exact) mass is 263 g/mol. The predicted octanol–water partition coefficient (Wildman–Crippen LogP) is 2.77. The normalized spacial score (nSPS) is 10.7. The second kappa shape index (κ2) is 5.46. The third-order valence-electron chi connectivity index (χ3n) is 2.69. The molecule has 3 nitrogen and oxygen atoms in total. The lowest BCUT2D eigenvalue weighted by Crippen LogP contribution is -2.04. The Morgan fingerprint density at radius 1 is 1.39 bits per heavy atom. The predicted molar refractivity (Wildman–Crippen MR) is 71.8 cm³/mol. The molecule has 0 saturated carbocycles. The minimum absolute atomic E-state index is 0.246. The first kappa shape index (κ1) is 13.0. The SMILES string of the molecule is CSc1ncc(CN)c(-c2ccc(F)cc2C)n1. The van der Waals surface area contributed by atoms with E-state index in [-0.39, 0.29) is 5.82 Å². The Balaban J connectivity index is 2.60. The molecule has 0 atom stereocenters. The number of halogens is 1. The molecule has 18 heavy (non-hydrogen) atoms. The number of nitrogens with zero attached hydrogens (tertiary/aromatic N) is 2. The number of benzene rings is 1. The zero-order chi connectivity index (χ0) is 13.1. The molecule has 0 spiro atoms. The van der Waals surface area contributed by atoms with Crippen LogP contribution in [0, 0.1) is 12.7 Å². The summed E-state index contributed by atoms with van der Waals surface area (Å²) in [4.78, 5) is 8.67. The van der Waals surface area contributed by atoms with E-state index in [9.17, 15) is 4.39 Å². The van der Waals surface area contributed by atoms with Gasteiger partial charge in [-0.3, -0.25) is 0 Å². The molecule has 94 valence electrons. The molecule has 0 unspecified atom stereocenters. The number of rotatable bonds is 3. The standard InChI is InChI=1S/C13H14FN3S/c1-8-5-10(14)3-4-11(8)12-9(6-15)7-16-13(17-12)18-2/h3-5,7H,6,15H2,1-2H3. The van der Waals surface area contributed by atoms with Crippen LogP contribution in [0.5, 0.6) is 0 Å². The summed E-state index contributed by atoms with van der Waals surface area (Å²) in [5, 5.41) is 0.686. The van der Waals surface area contributed by atoms with Crippen molar-refractivity contribution in [1.82, 2.24) is 9.97 Å². The Morgan fingerprint density at radius 2 is 2.17 bits per heavy atom. The van der Waals surface area contributed by atoms with Crippen LogP contribution in [0.2, 0.25) is 0 Å². The maximum absolute atomic E-state index is 13.1. The van der Waals surface area contributed by atoms with Gasteiger partial charge in [-0.25, -0.2) is 14.4 Å². The molecule has 0 amide bonds. The van der Waals surface area contributed by atoms with Crippen molar-refractivity contribution in [3.8, 4) is 11.3 Å². The van der Waals surface area contributed by atoms with Crippen molar-refractivity contribution in [2.75, 3.05) is 6.26 Å². The lowest BCUT2D eigenvalue weighted by atomic mass is 10.0. The summed E-state index contributed by atoms with van der Waals surface area (Å²) >= 11 is 1.47. The molecular formula is C13H14FN3S. The summed E-state index contributed by atoms with van der Waals surface area (Å²) in [7, 11) is 0. The molecule has 2 rings (SSSR count). The Kier molecular flexibility index (Phi) is 3.93. The number of hydrogen-bond donors (Lipinski definition) is 1. The van der Waals surface area contributed by atoms with Crippen molar-refractivity contribution in [3.05, 3.63) is 41.3 Å². The highest BCUT2D eigenvalue weighted by Crippen LogP contribution is 2.26. The van der Waals surface area contributed by atoms with Crippen molar-refractivity contribution in [2.24, 2.45) is 5.73 Å². The molecule has 0 fully saturated rings. The smallest absolute Gasteiger partial charge is 0.187 e. The molecule has 0 bridgehead atoms. The van der Waals surface area contributed by atoms with E-state index in [2.05, 4.69) is 9.97 Å². The second-order valence-corrected chi connectivity index (χ2v) is 4.67. The highest BCUT2D eigenvalue weighted by Gasteiger charge is 2.11. The van der Waals surface area contributed by atoms with Crippen molar-refractivity contribution < 1.29 is 4.39 Å². The van der Waals surface area contributed by atoms with Crippen LogP contribution in [-0.4, -0.2) is 16.2 Å². The Labute approximate surface area is 110 Å². The van der Waals surface area contributed by atoms with Crippen LogP contribution >= 0.6 is 11.8 Å². The van der Waals surface area contributed by atoms with E-state index in [1.54, 1.807) is 12.3 Å².